The van der Waals surface area contributed by atoms with Crippen molar-refractivity contribution in [2.24, 2.45) is 5.73 Å². The zero-order valence-corrected chi connectivity index (χ0v) is 18.5. The minimum absolute atomic E-state index is 0.0589. The second-order valence-corrected chi connectivity index (χ2v) is 7.87. The Balaban J connectivity index is 1.65. The molecule has 172 valence electrons. The number of anilines is 3. The normalized spacial score (nSPS) is 10.9. The van der Waals surface area contributed by atoms with Gasteiger partial charge in [0.15, 0.2) is 0 Å². The van der Waals surface area contributed by atoms with Crippen LogP contribution in [0.2, 0.25) is 0 Å². The minimum atomic E-state index is -0.639. The molecule has 9 heteroatoms. The van der Waals surface area contributed by atoms with Crippen LogP contribution in [-0.2, 0) is 6.61 Å². The molecule has 0 aliphatic heterocycles. The maximum Gasteiger partial charge on any atom is 0.252 e. The van der Waals surface area contributed by atoms with Gasteiger partial charge in [0.1, 0.15) is 5.82 Å². The van der Waals surface area contributed by atoms with Crippen molar-refractivity contribution in [3.63, 3.8) is 0 Å². The molecule has 5 rings (SSSR count). The van der Waals surface area contributed by atoms with Crippen molar-refractivity contribution in [1.82, 2.24) is 19.9 Å². The first-order chi connectivity index (χ1) is 17.0. The highest BCUT2D eigenvalue weighted by Gasteiger charge is 2.14. The molecule has 0 aliphatic rings. The number of aliphatic hydroxyl groups excluding tert-OH is 1. The van der Waals surface area contributed by atoms with Crippen LogP contribution < -0.4 is 16.8 Å². The van der Waals surface area contributed by atoms with Gasteiger partial charge in [-0.25, -0.2) is 15.0 Å². The monoisotopic (exact) mass is 463 g/mol. The zero-order valence-electron chi connectivity index (χ0n) is 18.5. The Kier molecular flexibility index (Phi) is 5.74. The lowest BCUT2D eigenvalue weighted by molar-refractivity contribution is 0.100. The number of carbonyl (C=O) groups is 1. The molecular formula is C26H21N7O2. The highest BCUT2D eigenvalue weighted by molar-refractivity contribution is 5.99. The molecule has 0 saturated carbocycles. The van der Waals surface area contributed by atoms with Crippen LogP contribution in [0.5, 0.6) is 0 Å². The van der Waals surface area contributed by atoms with Gasteiger partial charge in [-0.05, 0) is 53.6 Å². The number of hydrogen-bond donors (Lipinski definition) is 4. The van der Waals surface area contributed by atoms with Crippen LogP contribution in [0.3, 0.4) is 0 Å². The maximum absolute atomic E-state index is 11.7. The number of nitrogens with zero attached hydrogens (tertiary/aromatic N) is 4. The number of primary amides is 1. The van der Waals surface area contributed by atoms with Crippen molar-refractivity contribution in [2.75, 3.05) is 11.1 Å². The lowest BCUT2D eigenvalue weighted by Crippen LogP contribution is -2.14. The fourth-order valence-corrected chi connectivity index (χ4v) is 3.80. The third-order valence-electron chi connectivity index (χ3n) is 5.53. The van der Waals surface area contributed by atoms with Gasteiger partial charge < -0.3 is 21.9 Å². The number of fused-ring (bicyclic) bond motifs is 1. The number of nitrogens with one attached hydrogen (secondary N) is 1. The molecule has 0 fully saturated rings. The molecule has 6 N–H and O–H groups in total. The van der Waals surface area contributed by atoms with Gasteiger partial charge in [0.05, 0.1) is 23.4 Å². The molecule has 0 aliphatic carbocycles. The Hall–Kier alpha value is -4.89. The van der Waals surface area contributed by atoms with Crippen LogP contribution in [0.4, 0.5) is 17.5 Å². The number of pyridine rings is 2. The van der Waals surface area contributed by atoms with Crippen molar-refractivity contribution in [3.05, 3.63) is 90.4 Å². The summed E-state index contributed by atoms with van der Waals surface area (Å²) in [4.78, 5) is 29.5. The van der Waals surface area contributed by atoms with Crippen molar-refractivity contribution in [2.45, 2.75) is 6.61 Å². The van der Waals surface area contributed by atoms with Gasteiger partial charge in [0, 0.05) is 40.8 Å². The smallest absolute Gasteiger partial charge is 0.252 e. The summed E-state index contributed by atoms with van der Waals surface area (Å²) in [5.41, 5.74) is 16.7. The van der Waals surface area contributed by atoms with E-state index in [2.05, 4.69) is 15.3 Å². The molecule has 0 radical (unpaired) electrons. The van der Waals surface area contributed by atoms with E-state index in [-0.39, 0.29) is 18.0 Å². The molecule has 5 aromatic rings. The Morgan fingerprint density at radius 2 is 1.77 bits per heavy atom. The third-order valence-corrected chi connectivity index (χ3v) is 5.53. The second kappa shape index (κ2) is 9.16. The number of benzene rings is 2. The number of aliphatic hydroxyl groups is 1. The van der Waals surface area contributed by atoms with Crippen LogP contribution in [-0.4, -0.2) is 30.9 Å². The number of nitrogens with two attached hydrogens (primary N) is 2. The van der Waals surface area contributed by atoms with E-state index in [1.54, 1.807) is 24.7 Å². The van der Waals surface area contributed by atoms with Gasteiger partial charge in [-0.3, -0.25) is 9.78 Å². The van der Waals surface area contributed by atoms with Gasteiger partial charge >= 0.3 is 0 Å². The predicted octanol–water partition coefficient (Wildman–Crippen LogP) is 3.67. The second-order valence-electron chi connectivity index (χ2n) is 7.87. The highest BCUT2D eigenvalue weighted by Crippen LogP contribution is 2.32. The van der Waals surface area contributed by atoms with Gasteiger partial charge in [-0.2, -0.15) is 0 Å². The quantitative estimate of drug-likeness (QED) is 0.297. The van der Waals surface area contributed by atoms with Crippen molar-refractivity contribution in [3.8, 4) is 22.4 Å². The average molecular weight is 464 g/mol. The van der Waals surface area contributed by atoms with Crippen molar-refractivity contribution in [1.29, 1.82) is 0 Å². The molecule has 3 aromatic heterocycles. The lowest BCUT2D eigenvalue weighted by Gasteiger charge is -2.13. The Morgan fingerprint density at radius 1 is 0.943 bits per heavy atom. The zero-order chi connectivity index (χ0) is 24.4. The maximum atomic E-state index is 11.7. The van der Waals surface area contributed by atoms with Crippen LogP contribution in [0.1, 0.15) is 15.9 Å². The summed E-state index contributed by atoms with van der Waals surface area (Å²) in [5, 5.41) is 13.5. The Labute approximate surface area is 200 Å². The van der Waals surface area contributed by atoms with E-state index in [1.165, 1.54) is 0 Å². The molecule has 0 saturated heterocycles. The van der Waals surface area contributed by atoms with Crippen LogP contribution in [0.15, 0.2) is 79.3 Å². The van der Waals surface area contributed by atoms with E-state index in [4.69, 9.17) is 21.4 Å². The Bertz CT molecular complexity index is 1550. The van der Waals surface area contributed by atoms with Crippen LogP contribution >= 0.6 is 0 Å². The molecule has 1 amide bonds. The standard InChI is InChI=1S/C26H21N7O2/c27-24-21(25(28)35)12-18(13-30-24)17-4-5-22-20(11-17)23(16-6-8-29-9-7-16)33-26(32-22)31-19-3-1-2-15(10-19)14-34/h1-13,34H,14H2,(H2,27,30)(H2,28,35)(H,31,32,33). The first-order valence-corrected chi connectivity index (χ1v) is 10.8. The summed E-state index contributed by atoms with van der Waals surface area (Å²) < 4.78 is 0. The lowest BCUT2D eigenvalue weighted by atomic mass is 10.0. The fourth-order valence-electron chi connectivity index (χ4n) is 3.80. The van der Waals surface area contributed by atoms with Crippen molar-refractivity contribution >= 4 is 34.3 Å². The average Bonchev–Trinajstić information content (AvgIpc) is 2.88. The number of amides is 1. The first-order valence-electron chi connectivity index (χ1n) is 10.8. The molecule has 35 heavy (non-hydrogen) atoms. The molecule has 0 atom stereocenters. The summed E-state index contributed by atoms with van der Waals surface area (Å²) in [5.74, 6) is -0.138. The summed E-state index contributed by atoms with van der Waals surface area (Å²) in [7, 11) is 0. The fraction of sp³-hybridized carbons (Fsp3) is 0.0385. The molecule has 0 spiro atoms. The van der Waals surface area contributed by atoms with Gasteiger partial charge in [-0.1, -0.05) is 18.2 Å². The molecule has 0 bridgehead atoms. The van der Waals surface area contributed by atoms with Gasteiger partial charge in [0.2, 0.25) is 5.95 Å². The van der Waals surface area contributed by atoms with E-state index in [0.717, 1.165) is 33.3 Å². The predicted molar refractivity (Wildman–Crippen MR) is 135 cm³/mol. The molecular weight excluding hydrogens is 442 g/mol. The van der Waals surface area contributed by atoms with Crippen molar-refractivity contribution < 1.29 is 9.90 Å². The van der Waals surface area contributed by atoms with E-state index >= 15 is 0 Å². The number of hydrogen-bond acceptors (Lipinski definition) is 8. The highest BCUT2D eigenvalue weighted by atomic mass is 16.3. The van der Waals surface area contributed by atoms with E-state index < -0.39 is 5.91 Å². The number of nitrogen functional groups attached to an aromatic ring is 1. The largest absolute Gasteiger partial charge is 0.392 e. The number of aromatic nitrogens is 4. The SMILES string of the molecule is NC(=O)c1cc(-c2ccc3nc(Nc4cccc(CO)c4)nc(-c4ccncc4)c3c2)cnc1N. The minimum Gasteiger partial charge on any atom is -0.392 e. The summed E-state index contributed by atoms with van der Waals surface area (Å²) in [6.45, 7) is -0.0589. The summed E-state index contributed by atoms with van der Waals surface area (Å²) in [6.07, 6.45) is 5.00. The van der Waals surface area contributed by atoms with E-state index in [1.807, 2.05) is 54.6 Å². The summed E-state index contributed by atoms with van der Waals surface area (Å²) >= 11 is 0. The van der Waals surface area contributed by atoms with E-state index in [0.29, 0.717) is 17.2 Å². The molecule has 0 unspecified atom stereocenters. The van der Waals surface area contributed by atoms with Crippen LogP contribution in [0.25, 0.3) is 33.3 Å². The number of rotatable bonds is 6. The topological polar surface area (TPSA) is 153 Å². The molecule has 9 nitrogen and oxygen atoms in total. The van der Waals surface area contributed by atoms with E-state index in [9.17, 15) is 9.90 Å². The molecule has 3 heterocycles. The Morgan fingerprint density at radius 3 is 2.54 bits per heavy atom. The molecule has 2 aromatic carbocycles. The third kappa shape index (κ3) is 4.48. The summed E-state index contributed by atoms with van der Waals surface area (Å²) in [6, 6.07) is 18.5. The first kappa shape index (κ1) is 21.9. The van der Waals surface area contributed by atoms with Crippen LogP contribution in [0, 0.1) is 0 Å². The number of carbonyl (C=O) groups excluding carboxylic acids is 1. The van der Waals surface area contributed by atoms with Gasteiger partial charge in [-0.15, -0.1) is 0 Å². The van der Waals surface area contributed by atoms with Gasteiger partial charge in [0.25, 0.3) is 5.91 Å².